The molecule has 0 aliphatic carbocycles. The number of anilines is 1. The third-order valence-corrected chi connectivity index (χ3v) is 12.8. The summed E-state index contributed by atoms with van der Waals surface area (Å²) >= 11 is 14.6. The number of hydrogen-bond acceptors (Lipinski definition) is 13. The van der Waals surface area contributed by atoms with E-state index in [2.05, 4.69) is 20.7 Å². The Bertz CT molecular complexity index is 2350. The number of likely N-dealkylation sites (N-methyl/N-ethyl adjacent to an activating group) is 1. The number of nitrogens with one attached hydrogen (secondary N) is 3. The number of rotatable bonds is 26. The van der Waals surface area contributed by atoms with Crippen LogP contribution in [-0.2, 0) is 68.9 Å². The van der Waals surface area contributed by atoms with Crippen LogP contribution in [-0.4, -0.2) is 183 Å². The van der Waals surface area contributed by atoms with Crippen molar-refractivity contribution in [2.45, 2.75) is 32.4 Å². The van der Waals surface area contributed by atoms with Crippen LogP contribution < -0.4 is 15.5 Å². The Hall–Kier alpha value is -4.90. The molecule has 4 N–H and O–H groups in total. The topological polar surface area (TPSA) is 213 Å². The van der Waals surface area contributed by atoms with Crippen LogP contribution in [0.15, 0.2) is 42.6 Å². The Balaban J connectivity index is 0.746. The third-order valence-electron chi connectivity index (χ3n) is 10.9. The van der Waals surface area contributed by atoms with Gasteiger partial charge >= 0.3 is 0 Å². The maximum absolute atomic E-state index is 12.8. The number of thiophene rings is 1. The second-order valence-corrected chi connectivity index (χ2v) is 18.0. The highest BCUT2D eigenvalue weighted by Gasteiger charge is 2.29. The molecule has 3 aromatic heterocycles. The summed E-state index contributed by atoms with van der Waals surface area (Å²) in [5, 5.41) is 22.1. The molecule has 6 rings (SSSR count). The summed E-state index contributed by atoms with van der Waals surface area (Å²) < 4.78 is 23.7. The second-order valence-electron chi connectivity index (χ2n) is 16.0. The molecule has 1 saturated heterocycles. The van der Waals surface area contributed by atoms with Crippen molar-refractivity contribution in [3.05, 3.63) is 68.8 Å². The van der Waals surface area contributed by atoms with E-state index in [1.54, 1.807) is 39.1 Å². The van der Waals surface area contributed by atoms with Gasteiger partial charge in [-0.05, 0) is 44.8 Å². The molecule has 0 saturated carbocycles. The summed E-state index contributed by atoms with van der Waals surface area (Å²) in [5.41, 5.74) is 3.80. The number of aromatic amines is 1. The molecule has 19 nitrogen and oxygen atoms in total. The van der Waals surface area contributed by atoms with Gasteiger partial charge in [0.15, 0.2) is 0 Å². The van der Waals surface area contributed by atoms with Crippen LogP contribution in [0.4, 0.5) is 5.00 Å². The van der Waals surface area contributed by atoms with E-state index in [0.717, 1.165) is 26.5 Å². The summed E-state index contributed by atoms with van der Waals surface area (Å²) in [6.45, 7) is 5.38. The SMILES string of the molecule is CN(C)C/C=C/C(=O)N1CCN(c2ccc(CCNC(=O)CCOCCOCCOCCOCCNC(=O)Cn3ccc(-c4cc(Cl)c(Cl)c5[nH]c6c(c45)CN(C(=O)CO)CC6)n3)s2)C(=O)C1. The monoisotopic (exact) mass is 987 g/mol. The Morgan fingerprint density at radius 2 is 1.61 bits per heavy atom. The fourth-order valence-corrected chi connectivity index (χ4v) is 8.91. The van der Waals surface area contributed by atoms with Crippen molar-refractivity contribution in [2.24, 2.45) is 0 Å². The minimum atomic E-state index is -0.564. The van der Waals surface area contributed by atoms with Gasteiger partial charge in [0, 0.05) is 98.0 Å². The smallest absolute Gasteiger partial charge is 0.248 e. The van der Waals surface area contributed by atoms with Crippen molar-refractivity contribution in [2.75, 3.05) is 124 Å². The number of ether oxygens (including phenoxy) is 4. The molecule has 364 valence electrons. The fourth-order valence-electron chi connectivity index (χ4n) is 7.46. The standard InChI is InChI=1S/C45H59Cl2N9O10S/c1-52(2)13-3-4-39(60)54-16-17-56(40(61)29-54)42-6-5-31(67-42)7-11-48-37(58)10-18-63-20-22-65-24-25-66-23-21-64-19-12-49-38(59)28-55-15-9-36(51-55)32-26-34(46)44(47)45-43(32)33-27-53(41(62)30-57)14-8-35(33)50-45/h3-6,9,15,26,50,57H,7-8,10-14,16-25,27-30H2,1-2H3,(H,48,58)(H,49,59)/b4-3+. The molecule has 0 bridgehead atoms. The van der Waals surface area contributed by atoms with Gasteiger partial charge in [-0.15, -0.1) is 11.3 Å². The molecular weight excluding hydrogens is 930 g/mol. The van der Waals surface area contributed by atoms with E-state index < -0.39 is 6.61 Å². The molecule has 5 heterocycles. The zero-order chi connectivity index (χ0) is 47.7. The molecule has 0 spiro atoms. The molecule has 1 fully saturated rings. The van der Waals surface area contributed by atoms with Crippen LogP contribution in [0.2, 0.25) is 10.0 Å². The van der Waals surface area contributed by atoms with Crippen LogP contribution in [0.25, 0.3) is 22.2 Å². The highest BCUT2D eigenvalue weighted by Crippen LogP contribution is 2.42. The summed E-state index contributed by atoms with van der Waals surface area (Å²) in [5.74, 6) is -0.965. The highest BCUT2D eigenvalue weighted by atomic mass is 35.5. The van der Waals surface area contributed by atoms with Crippen molar-refractivity contribution in [1.82, 2.24) is 40.1 Å². The molecule has 67 heavy (non-hydrogen) atoms. The lowest BCUT2D eigenvalue weighted by Gasteiger charge is -2.33. The molecule has 4 aromatic rings. The van der Waals surface area contributed by atoms with Crippen LogP contribution in [0.3, 0.4) is 0 Å². The molecule has 0 atom stereocenters. The van der Waals surface area contributed by atoms with Gasteiger partial charge in [-0.25, -0.2) is 0 Å². The third kappa shape index (κ3) is 15.0. The number of amides is 5. The minimum Gasteiger partial charge on any atom is -0.387 e. The maximum atomic E-state index is 12.8. The first-order valence-electron chi connectivity index (χ1n) is 22.2. The molecule has 2 aliphatic heterocycles. The zero-order valence-electron chi connectivity index (χ0n) is 37.9. The minimum absolute atomic E-state index is 0.00914. The Kier molecular flexibility index (Phi) is 20.0. The molecular formula is C45H59Cl2N9O10S. The molecule has 22 heteroatoms. The molecule has 1 aromatic carbocycles. The number of aromatic nitrogens is 3. The Morgan fingerprint density at radius 1 is 0.896 bits per heavy atom. The number of fused-ring (bicyclic) bond motifs is 3. The van der Waals surface area contributed by atoms with Crippen molar-refractivity contribution in [1.29, 1.82) is 0 Å². The van der Waals surface area contributed by atoms with Crippen molar-refractivity contribution in [3.63, 3.8) is 0 Å². The fraction of sp³-hybridized carbons (Fsp3) is 0.511. The normalized spacial score (nSPS) is 14.2. The lowest BCUT2D eigenvalue weighted by atomic mass is 9.99. The number of carbonyl (C=O) groups is 5. The summed E-state index contributed by atoms with van der Waals surface area (Å²) in [6.07, 6.45) is 6.47. The van der Waals surface area contributed by atoms with Gasteiger partial charge in [-0.3, -0.25) is 28.7 Å². The van der Waals surface area contributed by atoms with Gasteiger partial charge in [-0.2, -0.15) is 5.10 Å². The van der Waals surface area contributed by atoms with Crippen LogP contribution in [0.5, 0.6) is 0 Å². The zero-order valence-corrected chi connectivity index (χ0v) is 40.2. The first kappa shape index (κ1) is 51.5. The molecule has 2 aliphatic rings. The number of H-pyrrole nitrogens is 1. The van der Waals surface area contributed by atoms with Crippen molar-refractivity contribution in [3.8, 4) is 11.3 Å². The number of aliphatic hydroxyl groups is 1. The number of halogens is 2. The van der Waals surface area contributed by atoms with Gasteiger partial charge in [0.2, 0.25) is 29.5 Å². The number of piperazine rings is 1. The lowest BCUT2D eigenvalue weighted by Crippen LogP contribution is -2.51. The van der Waals surface area contributed by atoms with E-state index >= 15 is 0 Å². The average Bonchev–Trinajstić information content (AvgIpc) is 4.08. The van der Waals surface area contributed by atoms with E-state index in [1.165, 1.54) is 22.1 Å². The predicted octanol–water partition coefficient (Wildman–Crippen LogP) is 2.50. The number of nitrogens with zero attached hydrogens (tertiary/aromatic N) is 6. The summed E-state index contributed by atoms with van der Waals surface area (Å²) in [4.78, 5) is 73.7. The Labute approximate surface area is 403 Å². The number of carbonyl (C=O) groups excluding carboxylic acids is 5. The first-order valence-corrected chi connectivity index (χ1v) is 23.8. The number of aliphatic hydroxyl groups excluding tert-OH is 1. The molecule has 0 radical (unpaired) electrons. The largest absolute Gasteiger partial charge is 0.387 e. The first-order chi connectivity index (χ1) is 32.4. The van der Waals surface area contributed by atoms with E-state index in [9.17, 15) is 29.1 Å². The van der Waals surface area contributed by atoms with Gasteiger partial charge in [0.25, 0.3) is 0 Å². The highest BCUT2D eigenvalue weighted by molar-refractivity contribution is 7.16. The van der Waals surface area contributed by atoms with E-state index in [-0.39, 0.29) is 55.7 Å². The van der Waals surface area contributed by atoms with Crippen LogP contribution in [0.1, 0.15) is 22.6 Å². The summed E-state index contributed by atoms with van der Waals surface area (Å²) in [7, 11) is 3.85. The van der Waals surface area contributed by atoms with E-state index in [1.807, 2.05) is 31.1 Å². The van der Waals surface area contributed by atoms with Gasteiger partial charge in [-0.1, -0.05) is 29.3 Å². The van der Waals surface area contributed by atoms with Crippen LogP contribution >= 0.6 is 34.5 Å². The maximum Gasteiger partial charge on any atom is 0.248 e. The molecule has 5 amide bonds. The quantitative estimate of drug-likeness (QED) is 0.0528. The lowest BCUT2D eigenvalue weighted by molar-refractivity contribution is -0.135. The molecule has 0 unspecified atom stereocenters. The average molecular weight is 989 g/mol. The van der Waals surface area contributed by atoms with E-state index in [0.29, 0.717) is 132 Å². The Morgan fingerprint density at radius 3 is 2.33 bits per heavy atom. The second kappa shape index (κ2) is 26.0. The predicted molar refractivity (Wildman–Crippen MR) is 254 cm³/mol. The van der Waals surface area contributed by atoms with Gasteiger partial charge in [0.1, 0.15) is 19.7 Å². The number of benzene rings is 1. The van der Waals surface area contributed by atoms with Gasteiger partial charge in [0.05, 0.1) is 79.1 Å². The van der Waals surface area contributed by atoms with Crippen molar-refractivity contribution < 1.29 is 48.0 Å². The van der Waals surface area contributed by atoms with Crippen LogP contribution in [0, 0.1) is 0 Å². The van der Waals surface area contributed by atoms with E-state index in [4.69, 9.17) is 42.1 Å². The van der Waals surface area contributed by atoms with Crippen molar-refractivity contribution >= 4 is 80.0 Å². The van der Waals surface area contributed by atoms with Gasteiger partial charge < -0.3 is 59.3 Å². The number of hydrogen-bond donors (Lipinski definition) is 4. The summed E-state index contributed by atoms with van der Waals surface area (Å²) in [6, 6.07) is 7.40.